The Kier molecular flexibility index (Phi) is 5.51. The molecule has 1 heterocycles. The van der Waals surface area contributed by atoms with Crippen molar-refractivity contribution in [3.63, 3.8) is 0 Å². The van der Waals surface area contributed by atoms with Crippen molar-refractivity contribution in [1.29, 1.82) is 0 Å². The molecule has 0 aliphatic carbocycles. The highest BCUT2D eigenvalue weighted by Crippen LogP contribution is 2.22. The monoisotopic (exact) mass is 385 g/mol. The molecule has 3 rings (SSSR count). The predicted molar refractivity (Wildman–Crippen MR) is 103 cm³/mol. The molecule has 0 aliphatic heterocycles. The van der Waals surface area contributed by atoms with Crippen molar-refractivity contribution in [2.75, 3.05) is 10.6 Å². The molecule has 0 saturated heterocycles. The van der Waals surface area contributed by atoms with Crippen LogP contribution in [0.1, 0.15) is 20.7 Å². The van der Waals surface area contributed by atoms with Gasteiger partial charge in [0.25, 0.3) is 11.8 Å². The van der Waals surface area contributed by atoms with Gasteiger partial charge < -0.3 is 10.6 Å². The normalized spacial score (nSPS) is 10.2. The SMILES string of the molecule is O=C(Nc1ccccn1)c1cccc(NC(=O)c2ccc(Cl)cc2Cl)c1. The lowest BCUT2D eigenvalue weighted by Crippen LogP contribution is -2.15. The first kappa shape index (κ1) is 17.9. The minimum absolute atomic E-state index is 0.249. The number of nitrogens with one attached hydrogen (secondary N) is 2. The van der Waals surface area contributed by atoms with E-state index in [2.05, 4.69) is 15.6 Å². The van der Waals surface area contributed by atoms with E-state index in [9.17, 15) is 9.59 Å². The highest BCUT2D eigenvalue weighted by Gasteiger charge is 2.13. The second-order valence-corrected chi connectivity index (χ2v) is 6.17. The van der Waals surface area contributed by atoms with Gasteiger partial charge in [0.15, 0.2) is 0 Å². The van der Waals surface area contributed by atoms with Crippen molar-refractivity contribution in [3.05, 3.63) is 88.0 Å². The summed E-state index contributed by atoms with van der Waals surface area (Å²) < 4.78 is 0. The zero-order valence-corrected chi connectivity index (χ0v) is 14.9. The zero-order valence-electron chi connectivity index (χ0n) is 13.4. The van der Waals surface area contributed by atoms with Crippen molar-refractivity contribution < 1.29 is 9.59 Å². The largest absolute Gasteiger partial charge is 0.322 e. The van der Waals surface area contributed by atoms with Crippen LogP contribution >= 0.6 is 23.2 Å². The van der Waals surface area contributed by atoms with Gasteiger partial charge in [-0.25, -0.2) is 4.98 Å². The van der Waals surface area contributed by atoms with Crippen molar-refractivity contribution in [2.24, 2.45) is 0 Å². The lowest BCUT2D eigenvalue weighted by molar-refractivity contribution is 0.101. The van der Waals surface area contributed by atoms with E-state index in [4.69, 9.17) is 23.2 Å². The molecule has 0 bridgehead atoms. The number of aromatic nitrogens is 1. The van der Waals surface area contributed by atoms with E-state index in [1.165, 1.54) is 12.1 Å². The molecule has 2 amide bonds. The molecule has 3 aromatic rings. The molecule has 130 valence electrons. The van der Waals surface area contributed by atoms with Crippen LogP contribution < -0.4 is 10.6 Å². The van der Waals surface area contributed by atoms with E-state index in [1.54, 1.807) is 54.7 Å². The van der Waals surface area contributed by atoms with Crippen molar-refractivity contribution in [2.45, 2.75) is 0 Å². The molecule has 0 spiro atoms. The highest BCUT2D eigenvalue weighted by molar-refractivity contribution is 6.37. The summed E-state index contributed by atoms with van der Waals surface area (Å²) in [5.74, 6) is -0.279. The van der Waals surface area contributed by atoms with Crippen molar-refractivity contribution >= 4 is 46.5 Å². The summed E-state index contributed by atoms with van der Waals surface area (Å²) in [7, 11) is 0. The molecule has 0 radical (unpaired) electrons. The Morgan fingerprint density at radius 2 is 1.69 bits per heavy atom. The van der Waals surface area contributed by atoms with Crippen LogP contribution in [0.5, 0.6) is 0 Å². The highest BCUT2D eigenvalue weighted by atomic mass is 35.5. The van der Waals surface area contributed by atoms with E-state index in [0.717, 1.165) is 0 Å². The second-order valence-electron chi connectivity index (χ2n) is 5.33. The van der Waals surface area contributed by atoms with Crippen LogP contribution in [0, 0.1) is 0 Å². The second kappa shape index (κ2) is 7.99. The third kappa shape index (κ3) is 4.39. The fourth-order valence-electron chi connectivity index (χ4n) is 2.24. The van der Waals surface area contributed by atoms with Crippen LogP contribution in [-0.4, -0.2) is 16.8 Å². The van der Waals surface area contributed by atoms with Crippen LogP contribution in [0.3, 0.4) is 0 Å². The summed E-state index contributed by atoms with van der Waals surface area (Å²) in [5.41, 5.74) is 1.14. The molecule has 0 fully saturated rings. The van der Waals surface area contributed by atoms with Crippen LogP contribution in [0.4, 0.5) is 11.5 Å². The van der Waals surface area contributed by atoms with Gasteiger partial charge in [0.2, 0.25) is 0 Å². The Morgan fingerprint density at radius 3 is 2.42 bits per heavy atom. The molecule has 7 heteroatoms. The lowest BCUT2D eigenvalue weighted by atomic mass is 10.1. The van der Waals surface area contributed by atoms with Crippen LogP contribution in [-0.2, 0) is 0 Å². The Hall–Kier alpha value is -2.89. The van der Waals surface area contributed by atoms with Gasteiger partial charge in [-0.1, -0.05) is 35.3 Å². The predicted octanol–water partition coefficient (Wildman–Crippen LogP) is 4.89. The first-order chi connectivity index (χ1) is 12.5. The van der Waals surface area contributed by atoms with Gasteiger partial charge in [0.1, 0.15) is 5.82 Å². The van der Waals surface area contributed by atoms with Gasteiger partial charge in [0, 0.05) is 22.5 Å². The number of rotatable bonds is 4. The van der Waals surface area contributed by atoms with Crippen LogP contribution in [0.2, 0.25) is 10.0 Å². The molecular weight excluding hydrogens is 373 g/mol. The fraction of sp³-hybridized carbons (Fsp3) is 0. The number of hydrogen-bond acceptors (Lipinski definition) is 3. The zero-order chi connectivity index (χ0) is 18.5. The molecular formula is C19H13Cl2N3O2. The number of carbonyl (C=O) groups is 2. The summed E-state index contributed by atoms with van der Waals surface area (Å²) in [4.78, 5) is 28.7. The third-order valence-electron chi connectivity index (χ3n) is 3.46. The number of anilines is 2. The summed E-state index contributed by atoms with van der Waals surface area (Å²) >= 11 is 11.9. The lowest BCUT2D eigenvalue weighted by Gasteiger charge is -2.09. The Morgan fingerprint density at radius 1 is 0.846 bits per heavy atom. The summed E-state index contributed by atoms with van der Waals surface area (Å²) in [6.45, 7) is 0. The van der Waals surface area contributed by atoms with Gasteiger partial charge in [-0.2, -0.15) is 0 Å². The Labute approximate surface area is 160 Å². The average Bonchev–Trinajstić information content (AvgIpc) is 2.62. The van der Waals surface area contributed by atoms with Gasteiger partial charge in [0.05, 0.1) is 10.6 Å². The fourth-order valence-corrected chi connectivity index (χ4v) is 2.73. The molecule has 0 saturated carbocycles. The van der Waals surface area contributed by atoms with E-state index in [0.29, 0.717) is 27.7 Å². The van der Waals surface area contributed by atoms with E-state index >= 15 is 0 Å². The van der Waals surface area contributed by atoms with E-state index in [-0.39, 0.29) is 10.9 Å². The Balaban J connectivity index is 1.74. The molecule has 0 unspecified atom stereocenters. The molecule has 2 aromatic carbocycles. The first-order valence-electron chi connectivity index (χ1n) is 7.62. The smallest absolute Gasteiger partial charge is 0.257 e. The van der Waals surface area contributed by atoms with Crippen molar-refractivity contribution in [1.82, 2.24) is 4.98 Å². The molecule has 5 nitrogen and oxygen atoms in total. The minimum Gasteiger partial charge on any atom is -0.322 e. The maximum atomic E-state index is 12.4. The molecule has 0 atom stereocenters. The number of amides is 2. The standard InChI is InChI=1S/C19H13Cl2N3O2/c20-13-7-8-15(16(21)11-13)19(26)23-14-5-3-4-12(10-14)18(25)24-17-6-1-2-9-22-17/h1-11H,(H,23,26)(H,22,24,25). The maximum Gasteiger partial charge on any atom is 0.257 e. The van der Waals surface area contributed by atoms with Gasteiger partial charge >= 0.3 is 0 Å². The summed E-state index contributed by atoms with van der Waals surface area (Å²) in [6.07, 6.45) is 1.59. The van der Waals surface area contributed by atoms with Gasteiger partial charge in [-0.15, -0.1) is 0 Å². The van der Waals surface area contributed by atoms with Gasteiger partial charge in [-0.3, -0.25) is 9.59 Å². The maximum absolute atomic E-state index is 12.4. The van der Waals surface area contributed by atoms with Crippen LogP contribution in [0.15, 0.2) is 66.9 Å². The quantitative estimate of drug-likeness (QED) is 0.671. The number of pyridine rings is 1. The minimum atomic E-state index is -0.394. The molecule has 0 aliphatic rings. The molecule has 1 aromatic heterocycles. The summed E-state index contributed by atoms with van der Waals surface area (Å²) in [6, 6.07) is 16.4. The first-order valence-corrected chi connectivity index (χ1v) is 8.37. The number of nitrogens with zero attached hydrogens (tertiary/aromatic N) is 1. The van der Waals surface area contributed by atoms with E-state index < -0.39 is 5.91 Å². The average molecular weight is 386 g/mol. The molecule has 26 heavy (non-hydrogen) atoms. The van der Waals surface area contributed by atoms with Crippen LogP contribution in [0.25, 0.3) is 0 Å². The number of benzene rings is 2. The van der Waals surface area contributed by atoms with Crippen molar-refractivity contribution in [3.8, 4) is 0 Å². The third-order valence-corrected chi connectivity index (χ3v) is 4.01. The summed E-state index contributed by atoms with van der Waals surface area (Å²) in [5, 5.41) is 6.10. The topological polar surface area (TPSA) is 71.1 Å². The van der Waals surface area contributed by atoms with E-state index in [1.807, 2.05) is 0 Å². The molecule has 2 N–H and O–H groups in total. The Bertz CT molecular complexity index is 962. The number of halogens is 2. The number of hydrogen-bond donors (Lipinski definition) is 2. The number of carbonyl (C=O) groups excluding carboxylic acids is 2. The van der Waals surface area contributed by atoms with Gasteiger partial charge in [-0.05, 0) is 48.5 Å².